The van der Waals surface area contributed by atoms with Gasteiger partial charge in [-0.1, -0.05) is 0 Å². The van der Waals surface area contributed by atoms with Gasteiger partial charge in [-0.15, -0.1) is 10.2 Å². The number of aromatic nitrogens is 2. The highest BCUT2D eigenvalue weighted by atomic mass is 19.4. The molecule has 0 bridgehead atoms. The lowest BCUT2D eigenvalue weighted by molar-refractivity contribution is -0.137. The largest absolute Gasteiger partial charge is 0.507 e. The Morgan fingerprint density at radius 1 is 1.26 bits per heavy atom. The molecule has 1 saturated heterocycles. The van der Waals surface area contributed by atoms with Gasteiger partial charge in [0.25, 0.3) is 0 Å². The van der Waals surface area contributed by atoms with Gasteiger partial charge < -0.3 is 26.2 Å². The number of carbonyl (C=O) groups excluding carboxylic acids is 1. The first-order valence-electron chi connectivity index (χ1n) is 9.82. The van der Waals surface area contributed by atoms with Gasteiger partial charge >= 0.3 is 6.18 Å². The Bertz CT molecular complexity index is 931. The molecule has 1 aliphatic heterocycles. The first kappa shape index (κ1) is 22.8. The van der Waals surface area contributed by atoms with Gasteiger partial charge in [-0.2, -0.15) is 13.2 Å². The quantitative estimate of drug-likeness (QED) is 0.466. The second-order valence-electron chi connectivity index (χ2n) is 7.38. The lowest BCUT2D eigenvalue weighted by Gasteiger charge is -2.30. The van der Waals surface area contributed by atoms with Crippen LogP contribution in [0, 0.1) is 6.92 Å². The van der Waals surface area contributed by atoms with E-state index in [0.717, 1.165) is 6.07 Å². The number of nitrogens with one attached hydrogen (secondary N) is 3. The van der Waals surface area contributed by atoms with Gasteiger partial charge in [0.05, 0.1) is 23.9 Å². The molecule has 1 fully saturated rings. The Hall–Kier alpha value is -2.92. The van der Waals surface area contributed by atoms with Crippen molar-refractivity contribution in [3.8, 4) is 17.0 Å². The Morgan fingerprint density at radius 3 is 2.61 bits per heavy atom. The van der Waals surface area contributed by atoms with Crippen LogP contribution in [0.5, 0.6) is 5.75 Å². The van der Waals surface area contributed by atoms with E-state index in [0.29, 0.717) is 42.5 Å². The molecule has 0 radical (unpaired) electrons. The highest BCUT2D eigenvalue weighted by molar-refractivity contribution is 5.81. The predicted molar refractivity (Wildman–Crippen MR) is 107 cm³/mol. The SMILES string of the molecule is Cc1cc(N[C@@H]2CC[C@@H](C(=O)NCCO)NC2)nnc1-c1ccc(C(F)(F)F)cc1O. The van der Waals surface area contributed by atoms with E-state index in [1.54, 1.807) is 13.0 Å². The van der Waals surface area contributed by atoms with Gasteiger partial charge in [-0.25, -0.2) is 0 Å². The van der Waals surface area contributed by atoms with Crippen molar-refractivity contribution in [2.24, 2.45) is 0 Å². The summed E-state index contributed by atoms with van der Waals surface area (Å²) in [5.41, 5.74) is 0.156. The third kappa shape index (κ3) is 5.61. The molecule has 1 aliphatic rings. The molecule has 2 heterocycles. The normalized spacial score (nSPS) is 19.1. The third-order valence-corrected chi connectivity index (χ3v) is 5.06. The molecule has 5 N–H and O–H groups in total. The number of halogens is 3. The number of carbonyl (C=O) groups is 1. The minimum absolute atomic E-state index is 0.0147. The van der Waals surface area contributed by atoms with Crippen molar-refractivity contribution in [1.29, 1.82) is 0 Å². The monoisotopic (exact) mass is 439 g/mol. The summed E-state index contributed by atoms with van der Waals surface area (Å²) in [5, 5.41) is 36.0. The van der Waals surface area contributed by atoms with E-state index in [1.165, 1.54) is 6.07 Å². The highest BCUT2D eigenvalue weighted by Crippen LogP contribution is 2.36. The van der Waals surface area contributed by atoms with Crippen LogP contribution in [0.2, 0.25) is 0 Å². The smallest absolute Gasteiger partial charge is 0.416 e. The number of hydrogen-bond acceptors (Lipinski definition) is 7. The molecule has 8 nitrogen and oxygen atoms in total. The number of anilines is 1. The molecule has 0 aliphatic carbocycles. The summed E-state index contributed by atoms with van der Waals surface area (Å²) in [7, 11) is 0. The molecule has 11 heteroatoms. The molecule has 0 spiro atoms. The molecule has 2 aromatic rings. The van der Waals surface area contributed by atoms with E-state index in [9.17, 15) is 23.1 Å². The van der Waals surface area contributed by atoms with Gasteiger partial charge in [0, 0.05) is 24.7 Å². The van der Waals surface area contributed by atoms with E-state index in [1.807, 2.05) is 0 Å². The van der Waals surface area contributed by atoms with E-state index in [2.05, 4.69) is 26.1 Å². The van der Waals surface area contributed by atoms with Crippen LogP contribution in [0.4, 0.5) is 19.0 Å². The van der Waals surface area contributed by atoms with Gasteiger partial charge in [-0.3, -0.25) is 4.79 Å². The first-order valence-corrected chi connectivity index (χ1v) is 9.82. The molecular weight excluding hydrogens is 415 g/mol. The number of phenolic OH excluding ortho intramolecular Hbond substituents is 1. The number of aliphatic hydroxyl groups excluding tert-OH is 1. The Labute approximate surface area is 176 Å². The third-order valence-electron chi connectivity index (χ3n) is 5.06. The number of piperidine rings is 1. The summed E-state index contributed by atoms with van der Waals surface area (Å²) in [6.07, 6.45) is -3.22. The van der Waals surface area contributed by atoms with Crippen molar-refractivity contribution in [3.05, 3.63) is 35.4 Å². The van der Waals surface area contributed by atoms with Crippen molar-refractivity contribution < 1.29 is 28.2 Å². The average Bonchev–Trinajstić information content (AvgIpc) is 2.72. The zero-order valence-corrected chi connectivity index (χ0v) is 16.8. The number of rotatable bonds is 6. The number of amides is 1. The summed E-state index contributed by atoms with van der Waals surface area (Å²) in [6.45, 7) is 2.36. The second-order valence-corrected chi connectivity index (χ2v) is 7.38. The number of alkyl halides is 3. The molecule has 31 heavy (non-hydrogen) atoms. The van der Waals surface area contributed by atoms with Gasteiger partial charge in [-0.05, 0) is 49.6 Å². The minimum atomic E-state index is -4.54. The Morgan fingerprint density at radius 2 is 2.03 bits per heavy atom. The van der Waals surface area contributed by atoms with Gasteiger partial charge in [0.1, 0.15) is 11.6 Å². The van der Waals surface area contributed by atoms with Crippen LogP contribution < -0.4 is 16.0 Å². The standard InChI is InChI=1S/C20H24F3N5O3/c1-11-8-17(26-13-3-5-15(25-10-13)19(31)24-6-7-29)27-28-18(11)14-4-2-12(9-16(14)30)20(21,22)23/h2,4,8-9,13,15,25,29-30H,3,5-7,10H2,1H3,(H,24,31)(H,26,27)/t13-,15+/m1/s1. The lowest BCUT2D eigenvalue weighted by atomic mass is 10.00. The van der Waals surface area contributed by atoms with Crippen LogP contribution in [0.25, 0.3) is 11.3 Å². The molecular formula is C20H24F3N5O3. The van der Waals surface area contributed by atoms with Crippen molar-refractivity contribution in [2.45, 2.75) is 38.0 Å². The first-order chi connectivity index (χ1) is 14.7. The van der Waals surface area contributed by atoms with Crippen LogP contribution in [0.3, 0.4) is 0 Å². The number of aromatic hydroxyl groups is 1. The van der Waals surface area contributed by atoms with Crippen LogP contribution in [-0.2, 0) is 11.0 Å². The molecule has 1 aromatic carbocycles. The molecule has 168 valence electrons. The highest BCUT2D eigenvalue weighted by Gasteiger charge is 2.31. The summed E-state index contributed by atoms with van der Waals surface area (Å²) >= 11 is 0. The molecule has 2 atom stereocenters. The number of benzene rings is 1. The fourth-order valence-electron chi connectivity index (χ4n) is 3.45. The summed E-state index contributed by atoms with van der Waals surface area (Å²) in [4.78, 5) is 11.9. The number of hydrogen-bond donors (Lipinski definition) is 5. The fourth-order valence-corrected chi connectivity index (χ4v) is 3.45. The summed E-state index contributed by atoms with van der Waals surface area (Å²) in [5.74, 6) is -0.179. The van der Waals surface area contributed by atoms with Crippen LogP contribution in [-0.4, -0.2) is 58.1 Å². The molecule has 0 saturated carbocycles. The number of nitrogens with zero attached hydrogens (tertiary/aromatic N) is 2. The maximum absolute atomic E-state index is 12.8. The number of phenols is 1. The number of aliphatic hydroxyl groups is 1. The lowest BCUT2D eigenvalue weighted by Crippen LogP contribution is -2.52. The molecule has 1 amide bonds. The van der Waals surface area contributed by atoms with E-state index >= 15 is 0 Å². The summed E-state index contributed by atoms with van der Waals surface area (Å²) in [6, 6.07) is 4.14. The van der Waals surface area contributed by atoms with E-state index < -0.39 is 17.5 Å². The number of aryl methyl sites for hydroxylation is 1. The summed E-state index contributed by atoms with van der Waals surface area (Å²) < 4.78 is 38.4. The van der Waals surface area contributed by atoms with Crippen molar-refractivity contribution in [1.82, 2.24) is 20.8 Å². The van der Waals surface area contributed by atoms with Gasteiger partial charge in [0.2, 0.25) is 5.91 Å². The van der Waals surface area contributed by atoms with Crippen LogP contribution in [0.1, 0.15) is 24.0 Å². The zero-order valence-electron chi connectivity index (χ0n) is 16.8. The average molecular weight is 439 g/mol. The maximum atomic E-state index is 12.8. The maximum Gasteiger partial charge on any atom is 0.416 e. The minimum Gasteiger partial charge on any atom is -0.507 e. The Kier molecular flexibility index (Phi) is 6.96. The molecule has 3 rings (SSSR count). The van der Waals surface area contributed by atoms with Crippen molar-refractivity contribution in [3.63, 3.8) is 0 Å². The van der Waals surface area contributed by atoms with Crippen molar-refractivity contribution >= 4 is 11.7 Å². The molecule has 1 aromatic heterocycles. The second kappa shape index (κ2) is 9.48. The van der Waals surface area contributed by atoms with Crippen LogP contribution >= 0.6 is 0 Å². The zero-order chi connectivity index (χ0) is 22.6. The molecule has 0 unspecified atom stereocenters. The topological polar surface area (TPSA) is 119 Å². The predicted octanol–water partition coefficient (Wildman–Crippen LogP) is 1.82. The van der Waals surface area contributed by atoms with Crippen LogP contribution in [0.15, 0.2) is 24.3 Å². The Balaban J connectivity index is 1.64. The van der Waals surface area contributed by atoms with E-state index in [4.69, 9.17) is 5.11 Å². The van der Waals surface area contributed by atoms with Gasteiger partial charge in [0.15, 0.2) is 0 Å². The fraction of sp³-hybridized carbons (Fsp3) is 0.450. The van der Waals surface area contributed by atoms with Crippen molar-refractivity contribution in [2.75, 3.05) is 25.0 Å². The van der Waals surface area contributed by atoms with E-state index in [-0.39, 0.29) is 36.7 Å².